The van der Waals surface area contributed by atoms with E-state index in [1.807, 2.05) is 31.2 Å². The van der Waals surface area contributed by atoms with E-state index in [-0.39, 0.29) is 5.91 Å². The molecule has 3 rings (SSSR count). The Balaban J connectivity index is 1.59. The summed E-state index contributed by atoms with van der Waals surface area (Å²) < 4.78 is 11.1. The minimum Gasteiger partial charge on any atom is -0.497 e. The monoisotopic (exact) mass is 303 g/mol. The van der Waals surface area contributed by atoms with E-state index in [2.05, 4.69) is 5.32 Å². The SMILES string of the molecule is CC[C@@H](Oc1cccc(OC)c1)C(=O)N[C@@H]1C[C@H]2CC[C@H]1C2. The highest BCUT2D eigenvalue weighted by atomic mass is 16.5. The molecular formula is C18H25NO3. The first kappa shape index (κ1) is 15.2. The van der Waals surface area contributed by atoms with Crippen LogP contribution in [0.2, 0.25) is 0 Å². The lowest BCUT2D eigenvalue weighted by Gasteiger charge is -2.25. The minimum atomic E-state index is -0.439. The first-order valence-electron chi connectivity index (χ1n) is 8.30. The number of amides is 1. The van der Waals surface area contributed by atoms with Gasteiger partial charge in [0.1, 0.15) is 11.5 Å². The molecule has 2 aliphatic carbocycles. The van der Waals surface area contributed by atoms with E-state index in [1.54, 1.807) is 7.11 Å². The average molecular weight is 303 g/mol. The molecule has 0 spiro atoms. The van der Waals surface area contributed by atoms with E-state index < -0.39 is 6.10 Å². The zero-order chi connectivity index (χ0) is 15.5. The molecule has 0 saturated heterocycles. The van der Waals surface area contributed by atoms with Crippen molar-refractivity contribution in [2.45, 2.75) is 51.2 Å². The normalized spacial score (nSPS) is 27.5. The highest BCUT2D eigenvalue weighted by Crippen LogP contribution is 2.44. The van der Waals surface area contributed by atoms with Crippen LogP contribution in [0.1, 0.15) is 39.0 Å². The summed E-state index contributed by atoms with van der Waals surface area (Å²) in [5.41, 5.74) is 0. The second kappa shape index (κ2) is 6.59. The summed E-state index contributed by atoms with van der Waals surface area (Å²) in [6.07, 6.45) is 5.26. The summed E-state index contributed by atoms with van der Waals surface area (Å²) >= 11 is 0. The maximum atomic E-state index is 12.5. The molecule has 2 fully saturated rings. The van der Waals surface area contributed by atoms with E-state index in [0.717, 1.165) is 18.1 Å². The Morgan fingerprint density at radius 1 is 1.32 bits per heavy atom. The standard InChI is InChI=1S/C18H25NO3/c1-3-17(22-15-6-4-5-14(11-15)21-2)18(20)19-16-10-12-7-8-13(16)9-12/h4-6,11-13,16-17H,3,7-10H2,1-2H3,(H,19,20)/t12-,13-,16+,17+/m0/s1. The number of carbonyl (C=O) groups excluding carboxylic acids is 1. The van der Waals surface area contributed by atoms with Gasteiger partial charge in [0.15, 0.2) is 6.10 Å². The van der Waals surface area contributed by atoms with Gasteiger partial charge in [-0.1, -0.05) is 19.4 Å². The van der Waals surface area contributed by atoms with Gasteiger partial charge in [0, 0.05) is 12.1 Å². The number of rotatable bonds is 6. The fourth-order valence-corrected chi connectivity index (χ4v) is 3.86. The molecule has 4 atom stereocenters. The van der Waals surface area contributed by atoms with Gasteiger partial charge in [0.05, 0.1) is 7.11 Å². The lowest BCUT2D eigenvalue weighted by atomic mass is 9.95. The molecule has 1 N–H and O–H groups in total. The van der Waals surface area contributed by atoms with Crippen LogP contribution in [0.15, 0.2) is 24.3 Å². The van der Waals surface area contributed by atoms with Gasteiger partial charge in [0.2, 0.25) is 0 Å². The molecule has 2 saturated carbocycles. The van der Waals surface area contributed by atoms with Crippen molar-refractivity contribution in [2.75, 3.05) is 7.11 Å². The lowest BCUT2D eigenvalue weighted by Crippen LogP contribution is -2.45. The molecule has 4 nitrogen and oxygen atoms in total. The third-order valence-corrected chi connectivity index (χ3v) is 5.05. The molecule has 0 aromatic heterocycles. The highest BCUT2D eigenvalue weighted by molar-refractivity contribution is 5.81. The Labute approximate surface area is 132 Å². The first-order chi connectivity index (χ1) is 10.7. The summed E-state index contributed by atoms with van der Waals surface area (Å²) in [4.78, 5) is 12.5. The fourth-order valence-electron chi connectivity index (χ4n) is 3.86. The second-order valence-electron chi connectivity index (χ2n) is 6.48. The molecule has 2 bridgehead atoms. The minimum absolute atomic E-state index is 0.0165. The Kier molecular flexibility index (Phi) is 4.55. The molecule has 0 unspecified atom stereocenters. The number of carbonyl (C=O) groups is 1. The summed E-state index contributed by atoms with van der Waals surface area (Å²) in [6.45, 7) is 1.98. The van der Waals surface area contributed by atoms with Gasteiger partial charge >= 0.3 is 0 Å². The van der Waals surface area contributed by atoms with Gasteiger partial charge in [-0.2, -0.15) is 0 Å². The van der Waals surface area contributed by atoms with Crippen LogP contribution < -0.4 is 14.8 Å². The van der Waals surface area contributed by atoms with Gasteiger partial charge in [-0.15, -0.1) is 0 Å². The Hall–Kier alpha value is -1.71. The molecular weight excluding hydrogens is 278 g/mol. The van der Waals surface area contributed by atoms with Crippen LogP contribution in [-0.4, -0.2) is 25.2 Å². The maximum Gasteiger partial charge on any atom is 0.261 e. The predicted molar refractivity (Wildman–Crippen MR) is 85.1 cm³/mol. The molecule has 0 radical (unpaired) electrons. The van der Waals surface area contributed by atoms with Crippen LogP contribution in [0.25, 0.3) is 0 Å². The first-order valence-corrected chi connectivity index (χ1v) is 8.30. The van der Waals surface area contributed by atoms with Crippen LogP contribution in [0.4, 0.5) is 0 Å². The van der Waals surface area contributed by atoms with Gasteiger partial charge in [0.25, 0.3) is 5.91 Å². The number of nitrogens with one attached hydrogen (secondary N) is 1. The van der Waals surface area contributed by atoms with Gasteiger partial charge in [-0.3, -0.25) is 4.79 Å². The van der Waals surface area contributed by atoms with Gasteiger partial charge in [-0.25, -0.2) is 0 Å². The Morgan fingerprint density at radius 2 is 2.14 bits per heavy atom. The lowest BCUT2D eigenvalue weighted by molar-refractivity contribution is -0.129. The van der Waals surface area contributed by atoms with Crippen LogP contribution in [-0.2, 0) is 4.79 Å². The van der Waals surface area contributed by atoms with Crippen LogP contribution in [0, 0.1) is 11.8 Å². The number of benzene rings is 1. The molecule has 22 heavy (non-hydrogen) atoms. The largest absolute Gasteiger partial charge is 0.497 e. The zero-order valence-electron chi connectivity index (χ0n) is 13.4. The number of hydrogen-bond donors (Lipinski definition) is 1. The Morgan fingerprint density at radius 3 is 2.77 bits per heavy atom. The number of methoxy groups -OCH3 is 1. The van der Waals surface area contributed by atoms with Crippen molar-refractivity contribution >= 4 is 5.91 Å². The summed E-state index contributed by atoms with van der Waals surface area (Å²) in [5.74, 6) is 2.94. The van der Waals surface area contributed by atoms with Crippen molar-refractivity contribution in [2.24, 2.45) is 11.8 Å². The highest BCUT2D eigenvalue weighted by Gasteiger charge is 2.40. The maximum absolute atomic E-state index is 12.5. The van der Waals surface area contributed by atoms with Crippen molar-refractivity contribution in [3.63, 3.8) is 0 Å². The number of ether oxygens (including phenoxy) is 2. The van der Waals surface area contributed by atoms with Crippen molar-refractivity contribution in [3.05, 3.63) is 24.3 Å². The number of fused-ring (bicyclic) bond motifs is 2. The predicted octanol–water partition coefficient (Wildman–Crippen LogP) is 3.16. The van der Waals surface area contributed by atoms with E-state index >= 15 is 0 Å². The van der Waals surface area contributed by atoms with Gasteiger partial charge < -0.3 is 14.8 Å². The third kappa shape index (κ3) is 3.21. The van der Waals surface area contributed by atoms with Crippen molar-refractivity contribution < 1.29 is 14.3 Å². The van der Waals surface area contributed by atoms with Crippen LogP contribution in [0.3, 0.4) is 0 Å². The van der Waals surface area contributed by atoms with E-state index in [0.29, 0.717) is 24.1 Å². The Bertz CT molecular complexity index is 531. The number of hydrogen-bond acceptors (Lipinski definition) is 3. The fraction of sp³-hybridized carbons (Fsp3) is 0.611. The van der Waals surface area contributed by atoms with Crippen molar-refractivity contribution in [1.29, 1.82) is 0 Å². The smallest absolute Gasteiger partial charge is 0.261 e. The van der Waals surface area contributed by atoms with Crippen LogP contribution >= 0.6 is 0 Å². The molecule has 1 aromatic rings. The van der Waals surface area contributed by atoms with E-state index in [1.165, 1.54) is 19.3 Å². The van der Waals surface area contributed by atoms with Crippen molar-refractivity contribution in [3.8, 4) is 11.5 Å². The average Bonchev–Trinajstić information content (AvgIpc) is 3.15. The topological polar surface area (TPSA) is 47.6 Å². The summed E-state index contributed by atoms with van der Waals surface area (Å²) in [7, 11) is 1.62. The third-order valence-electron chi connectivity index (χ3n) is 5.05. The molecule has 0 heterocycles. The van der Waals surface area contributed by atoms with E-state index in [9.17, 15) is 4.79 Å². The molecule has 120 valence electrons. The van der Waals surface area contributed by atoms with Crippen LogP contribution in [0.5, 0.6) is 11.5 Å². The van der Waals surface area contributed by atoms with E-state index in [4.69, 9.17) is 9.47 Å². The zero-order valence-corrected chi connectivity index (χ0v) is 13.4. The van der Waals surface area contributed by atoms with Gasteiger partial charge in [-0.05, 0) is 49.7 Å². The molecule has 1 aromatic carbocycles. The molecule has 4 heteroatoms. The molecule has 2 aliphatic rings. The summed E-state index contributed by atoms with van der Waals surface area (Å²) in [6, 6.07) is 7.76. The molecule has 0 aliphatic heterocycles. The summed E-state index contributed by atoms with van der Waals surface area (Å²) in [5, 5.41) is 3.21. The quantitative estimate of drug-likeness (QED) is 0.878. The van der Waals surface area contributed by atoms with Crippen molar-refractivity contribution in [1.82, 2.24) is 5.32 Å². The molecule has 1 amide bonds. The second-order valence-corrected chi connectivity index (χ2v) is 6.48.